The lowest BCUT2D eigenvalue weighted by atomic mass is 9.94. The average molecular weight is 246 g/mol. The van der Waals surface area contributed by atoms with Gasteiger partial charge in [-0.15, -0.1) is 0 Å². The number of hydrogen-bond acceptors (Lipinski definition) is 3. The Morgan fingerprint density at radius 3 is 2.89 bits per heavy atom. The highest BCUT2D eigenvalue weighted by Gasteiger charge is 2.35. The largest absolute Gasteiger partial charge is 0.497 e. The number of likely N-dealkylation sites (tertiary alicyclic amines) is 1. The monoisotopic (exact) mass is 246 g/mol. The molecular formula is C15H22N2O. The lowest BCUT2D eigenvalue weighted by Gasteiger charge is -2.32. The Kier molecular flexibility index (Phi) is 3.52. The zero-order valence-corrected chi connectivity index (χ0v) is 11.1. The third-order valence-corrected chi connectivity index (χ3v) is 4.37. The van der Waals surface area contributed by atoms with Gasteiger partial charge in [0.15, 0.2) is 0 Å². The van der Waals surface area contributed by atoms with Crippen molar-refractivity contribution in [2.75, 3.05) is 26.7 Å². The first kappa shape index (κ1) is 12.0. The van der Waals surface area contributed by atoms with E-state index in [2.05, 4.69) is 34.5 Å². The minimum atomic E-state index is 0.799. The number of methoxy groups -OCH3 is 1. The molecule has 2 atom stereocenters. The molecule has 0 aliphatic carbocycles. The Morgan fingerprint density at radius 1 is 1.28 bits per heavy atom. The normalized spacial score (nSPS) is 28.1. The quantitative estimate of drug-likeness (QED) is 0.881. The van der Waals surface area contributed by atoms with Crippen LogP contribution >= 0.6 is 0 Å². The summed E-state index contributed by atoms with van der Waals surface area (Å²) < 4.78 is 5.20. The van der Waals surface area contributed by atoms with Gasteiger partial charge in [0, 0.05) is 12.6 Å². The summed E-state index contributed by atoms with van der Waals surface area (Å²) in [4.78, 5) is 2.66. The Labute approximate surface area is 109 Å². The summed E-state index contributed by atoms with van der Waals surface area (Å²) in [5.74, 6) is 1.82. The average Bonchev–Trinajstić information content (AvgIpc) is 2.83. The number of benzene rings is 1. The third-order valence-electron chi connectivity index (χ3n) is 4.37. The second kappa shape index (κ2) is 5.29. The van der Waals surface area contributed by atoms with Crippen molar-refractivity contribution in [2.24, 2.45) is 5.92 Å². The zero-order valence-electron chi connectivity index (χ0n) is 11.1. The van der Waals surface area contributed by atoms with Crippen molar-refractivity contribution in [3.63, 3.8) is 0 Å². The molecule has 2 aliphatic heterocycles. The Balaban J connectivity index is 1.65. The molecule has 1 aromatic rings. The summed E-state index contributed by atoms with van der Waals surface area (Å²) >= 11 is 0. The second-order valence-electron chi connectivity index (χ2n) is 5.43. The van der Waals surface area contributed by atoms with Crippen LogP contribution < -0.4 is 10.1 Å². The van der Waals surface area contributed by atoms with Crippen LogP contribution in [0.5, 0.6) is 5.75 Å². The number of ether oxygens (including phenoxy) is 1. The molecule has 1 N–H and O–H groups in total. The van der Waals surface area contributed by atoms with Crippen LogP contribution in [-0.4, -0.2) is 37.7 Å². The molecule has 0 spiro atoms. The molecule has 3 nitrogen and oxygen atoms in total. The first-order valence-corrected chi connectivity index (χ1v) is 6.94. The van der Waals surface area contributed by atoms with Gasteiger partial charge in [-0.05, 0) is 56.1 Å². The molecule has 0 amide bonds. The molecule has 2 unspecified atom stereocenters. The molecule has 1 aromatic carbocycles. The molecule has 2 fully saturated rings. The number of nitrogens with one attached hydrogen (secondary N) is 1. The predicted octanol–water partition coefficient (Wildman–Crippen LogP) is 1.88. The lowest BCUT2D eigenvalue weighted by molar-refractivity contribution is 0.184. The molecule has 0 saturated carbocycles. The van der Waals surface area contributed by atoms with Crippen molar-refractivity contribution >= 4 is 0 Å². The molecule has 2 aliphatic rings. The van der Waals surface area contributed by atoms with E-state index in [1.54, 1.807) is 7.11 Å². The van der Waals surface area contributed by atoms with Gasteiger partial charge in [-0.25, -0.2) is 0 Å². The van der Waals surface area contributed by atoms with E-state index in [1.807, 2.05) is 0 Å². The van der Waals surface area contributed by atoms with Gasteiger partial charge in [-0.1, -0.05) is 12.1 Å². The summed E-state index contributed by atoms with van der Waals surface area (Å²) in [7, 11) is 1.72. The molecule has 3 heteroatoms. The van der Waals surface area contributed by atoms with Crippen molar-refractivity contribution in [3.05, 3.63) is 29.8 Å². The summed E-state index contributed by atoms with van der Waals surface area (Å²) in [5.41, 5.74) is 1.40. The predicted molar refractivity (Wildman–Crippen MR) is 72.8 cm³/mol. The highest BCUT2D eigenvalue weighted by molar-refractivity contribution is 5.27. The van der Waals surface area contributed by atoms with Crippen LogP contribution in [0.15, 0.2) is 24.3 Å². The Bertz CT molecular complexity index is 390. The van der Waals surface area contributed by atoms with E-state index in [9.17, 15) is 0 Å². The van der Waals surface area contributed by atoms with E-state index in [0.717, 1.165) is 24.3 Å². The van der Waals surface area contributed by atoms with Gasteiger partial charge in [0.25, 0.3) is 0 Å². The number of nitrogens with zero attached hydrogens (tertiary/aromatic N) is 1. The van der Waals surface area contributed by atoms with Gasteiger partial charge in [0.1, 0.15) is 5.75 Å². The SMILES string of the molecule is COc1ccc(CN2CCC3CNCCC32)cc1. The maximum Gasteiger partial charge on any atom is 0.118 e. The zero-order chi connectivity index (χ0) is 12.4. The minimum absolute atomic E-state index is 0.799. The van der Waals surface area contributed by atoms with Crippen molar-refractivity contribution < 1.29 is 4.74 Å². The topological polar surface area (TPSA) is 24.5 Å². The Morgan fingerprint density at radius 2 is 2.11 bits per heavy atom. The molecule has 0 radical (unpaired) electrons. The maximum atomic E-state index is 5.20. The van der Waals surface area contributed by atoms with Crippen molar-refractivity contribution in [3.8, 4) is 5.75 Å². The van der Waals surface area contributed by atoms with Gasteiger partial charge < -0.3 is 10.1 Å². The van der Waals surface area contributed by atoms with E-state index in [1.165, 1.54) is 38.0 Å². The fourth-order valence-electron chi connectivity index (χ4n) is 3.34. The van der Waals surface area contributed by atoms with Crippen LogP contribution in [0.3, 0.4) is 0 Å². The molecule has 98 valence electrons. The van der Waals surface area contributed by atoms with E-state index < -0.39 is 0 Å². The highest BCUT2D eigenvalue weighted by Crippen LogP contribution is 2.29. The summed E-state index contributed by atoms with van der Waals surface area (Å²) in [5, 5.41) is 3.51. The lowest BCUT2D eigenvalue weighted by Crippen LogP contribution is -2.43. The van der Waals surface area contributed by atoms with Gasteiger partial charge in [-0.2, -0.15) is 0 Å². The summed E-state index contributed by atoms with van der Waals surface area (Å²) in [6.45, 7) is 4.73. The first-order chi connectivity index (χ1) is 8.86. The molecule has 2 saturated heterocycles. The van der Waals surface area contributed by atoms with Crippen LogP contribution in [0.4, 0.5) is 0 Å². The highest BCUT2D eigenvalue weighted by atomic mass is 16.5. The van der Waals surface area contributed by atoms with Gasteiger partial charge in [-0.3, -0.25) is 4.90 Å². The summed E-state index contributed by atoms with van der Waals surface area (Å²) in [6.07, 6.45) is 2.66. The van der Waals surface area contributed by atoms with E-state index in [4.69, 9.17) is 4.74 Å². The van der Waals surface area contributed by atoms with E-state index in [-0.39, 0.29) is 0 Å². The fourth-order valence-corrected chi connectivity index (χ4v) is 3.34. The molecule has 3 rings (SSSR count). The number of fused-ring (bicyclic) bond motifs is 1. The second-order valence-corrected chi connectivity index (χ2v) is 5.43. The third kappa shape index (κ3) is 2.38. The van der Waals surface area contributed by atoms with Crippen LogP contribution in [0.2, 0.25) is 0 Å². The van der Waals surface area contributed by atoms with Crippen molar-refractivity contribution in [1.82, 2.24) is 10.2 Å². The van der Waals surface area contributed by atoms with Crippen LogP contribution in [-0.2, 0) is 6.54 Å². The van der Waals surface area contributed by atoms with Crippen molar-refractivity contribution in [2.45, 2.75) is 25.4 Å². The van der Waals surface area contributed by atoms with Gasteiger partial charge >= 0.3 is 0 Å². The molecular weight excluding hydrogens is 224 g/mol. The number of rotatable bonds is 3. The van der Waals surface area contributed by atoms with Gasteiger partial charge in [0.05, 0.1) is 7.11 Å². The number of hydrogen-bond donors (Lipinski definition) is 1. The minimum Gasteiger partial charge on any atom is -0.497 e. The Hall–Kier alpha value is -1.06. The summed E-state index contributed by atoms with van der Waals surface area (Å²) in [6, 6.07) is 9.30. The smallest absolute Gasteiger partial charge is 0.118 e. The molecule has 0 bridgehead atoms. The van der Waals surface area contributed by atoms with Crippen LogP contribution in [0.1, 0.15) is 18.4 Å². The van der Waals surface area contributed by atoms with Crippen molar-refractivity contribution in [1.29, 1.82) is 0 Å². The van der Waals surface area contributed by atoms with Gasteiger partial charge in [0.2, 0.25) is 0 Å². The molecule has 18 heavy (non-hydrogen) atoms. The van der Waals surface area contributed by atoms with Crippen LogP contribution in [0.25, 0.3) is 0 Å². The van der Waals surface area contributed by atoms with E-state index in [0.29, 0.717) is 0 Å². The molecule has 0 aromatic heterocycles. The van der Waals surface area contributed by atoms with Crippen LogP contribution in [0, 0.1) is 5.92 Å². The maximum absolute atomic E-state index is 5.20. The number of piperidine rings is 1. The fraction of sp³-hybridized carbons (Fsp3) is 0.600. The van der Waals surface area contributed by atoms with E-state index >= 15 is 0 Å². The standard InChI is InChI=1S/C15H22N2O/c1-18-14-4-2-12(3-5-14)11-17-9-7-13-10-16-8-6-15(13)17/h2-5,13,15-16H,6-11H2,1H3. The first-order valence-electron chi connectivity index (χ1n) is 6.94. The molecule has 2 heterocycles.